The first-order valence-electron chi connectivity index (χ1n) is 8.63. The molecule has 1 N–H and O–H groups in total. The number of aromatic nitrogens is 4. The summed E-state index contributed by atoms with van der Waals surface area (Å²) in [5.41, 5.74) is 2.29. The van der Waals surface area contributed by atoms with Crippen LogP contribution in [-0.4, -0.2) is 25.7 Å². The maximum atomic E-state index is 12.4. The van der Waals surface area contributed by atoms with E-state index < -0.39 is 0 Å². The first kappa shape index (κ1) is 17.9. The number of anilines is 1. The number of carbonyl (C=O) groups excluding carboxylic acids is 1. The van der Waals surface area contributed by atoms with Gasteiger partial charge in [0.05, 0.1) is 17.6 Å². The molecule has 140 valence electrons. The number of aryl methyl sites for hydroxylation is 1. The number of carbonyl (C=O) groups is 1. The van der Waals surface area contributed by atoms with Gasteiger partial charge in [0.25, 0.3) is 0 Å². The summed E-state index contributed by atoms with van der Waals surface area (Å²) in [6, 6.07) is 14.7. The minimum absolute atomic E-state index is 0.140. The largest absolute Gasteiger partial charge is 0.441 e. The predicted molar refractivity (Wildman–Crippen MR) is 105 cm³/mol. The average molecular weight is 394 g/mol. The number of hydrogen-bond acceptors (Lipinski definition) is 5. The minimum atomic E-state index is -0.140. The van der Waals surface area contributed by atoms with Crippen LogP contribution < -0.4 is 5.32 Å². The summed E-state index contributed by atoms with van der Waals surface area (Å²) < 4.78 is 7.34. The van der Waals surface area contributed by atoms with E-state index >= 15 is 0 Å². The third-order valence-corrected chi connectivity index (χ3v) is 4.34. The number of para-hydroxylation sites is 2. The number of benzene rings is 2. The molecule has 7 nitrogen and oxygen atoms in total. The molecule has 0 bridgehead atoms. The fraction of sp³-hybridized carbons (Fsp3) is 0.100. The second-order valence-corrected chi connectivity index (χ2v) is 6.47. The number of nitrogens with one attached hydrogen (secondary N) is 1. The van der Waals surface area contributed by atoms with Gasteiger partial charge in [-0.15, -0.1) is 0 Å². The number of hydrogen-bond donors (Lipinski definition) is 1. The summed E-state index contributed by atoms with van der Waals surface area (Å²) in [6.07, 6.45) is 5.31. The fourth-order valence-electron chi connectivity index (χ4n) is 2.72. The van der Waals surface area contributed by atoms with E-state index in [1.165, 1.54) is 6.33 Å². The summed E-state index contributed by atoms with van der Waals surface area (Å²) in [6.45, 7) is 0. The Morgan fingerprint density at radius 3 is 2.75 bits per heavy atom. The Kier molecular flexibility index (Phi) is 5.16. The normalized spacial score (nSPS) is 10.8. The van der Waals surface area contributed by atoms with Crippen molar-refractivity contribution >= 4 is 23.2 Å². The van der Waals surface area contributed by atoms with Crippen molar-refractivity contribution in [2.45, 2.75) is 12.8 Å². The highest BCUT2D eigenvalue weighted by molar-refractivity contribution is 6.30. The zero-order valence-corrected chi connectivity index (χ0v) is 15.5. The van der Waals surface area contributed by atoms with Crippen LogP contribution in [0.4, 0.5) is 5.69 Å². The molecule has 28 heavy (non-hydrogen) atoms. The zero-order chi connectivity index (χ0) is 19.3. The van der Waals surface area contributed by atoms with E-state index in [4.69, 9.17) is 16.0 Å². The molecule has 4 rings (SSSR count). The van der Waals surface area contributed by atoms with Gasteiger partial charge in [0, 0.05) is 23.4 Å². The topological polar surface area (TPSA) is 85.8 Å². The first-order chi connectivity index (χ1) is 13.7. The SMILES string of the molecule is O=C(CCc1ncc(-c2ccc(Cl)cc2)o1)Nc1ccccc1-n1cncn1. The second kappa shape index (κ2) is 8.06. The van der Waals surface area contributed by atoms with Crippen LogP contribution in [0.2, 0.25) is 5.02 Å². The van der Waals surface area contributed by atoms with Crippen molar-refractivity contribution in [2.75, 3.05) is 5.32 Å². The van der Waals surface area contributed by atoms with Crippen molar-refractivity contribution in [3.05, 3.63) is 78.3 Å². The maximum Gasteiger partial charge on any atom is 0.224 e. The smallest absolute Gasteiger partial charge is 0.224 e. The van der Waals surface area contributed by atoms with E-state index in [2.05, 4.69) is 20.4 Å². The highest BCUT2D eigenvalue weighted by Crippen LogP contribution is 2.23. The molecule has 0 atom stereocenters. The standard InChI is InChI=1S/C20H16ClN5O2/c21-15-7-5-14(6-8-15)18-11-23-20(28-18)10-9-19(27)25-16-3-1-2-4-17(16)26-13-22-12-24-26/h1-8,11-13H,9-10H2,(H,25,27). The van der Waals surface area contributed by atoms with Crippen LogP contribution in [0.3, 0.4) is 0 Å². The van der Waals surface area contributed by atoms with E-state index in [0.29, 0.717) is 28.8 Å². The molecule has 4 aromatic rings. The Hall–Kier alpha value is -3.45. The van der Waals surface area contributed by atoms with Crippen LogP contribution in [0.1, 0.15) is 12.3 Å². The lowest BCUT2D eigenvalue weighted by atomic mass is 10.2. The Morgan fingerprint density at radius 1 is 1.14 bits per heavy atom. The summed E-state index contributed by atoms with van der Waals surface area (Å²) in [5, 5.41) is 7.67. The van der Waals surface area contributed by atoms with E-state index in [1.807, 2.05) is 36.4 Å². The number of oxazole rings is 1. The number of halogens is 1. The number of rotatable bonds is 6. The molecule has 0 spiro atoms. The fourth-order valence-corrected chi connectivity index (χ4v) is 2.84. The lowest BCUT2D eigenvalue weighted by molar-refractivity contribution is -0.116. The molecule has 0 aliphatic rings. The molecule has 1 amide bonds. The van der Waals surface area contributed by atoms with Gasteiger partial charge in [-0.2, -0.15) is 5.10 Å². The number of amides is 1. The highest BCUT2D eigenvalue weighted by atomic mass is 35.5. The van der Waals surface area contributed by atoms with E-state index in [0.717, 1.165) is 11.3 Å². The van der Waals surface area contributed by atoms with Gasteiger partial charge in [-0.05, 0) is 36.4 Å². The quantitative estimate of drug-likeness (QED) is 0.532. The third-order valence-electron chi connectivity index (χ3n) is 4.09. The van der Waals surface area contributed by atoms with E-state index in [1.54, 1.807) is 29.3 Å². The maximum absolute atomic E-state index is 12.4. The van der Waals surface area contributed by atoms with Gasteiger partial charge < -0.3 is 9.73 Å². The molecule has 0 fully saturated rings. The molecule has 2 aromatic carbocycles. The molecular formula is C20H16ClN5O2. The van der Waals surface area contributed by atoms with E-state index in [-0.39, 0.29) is 12.3 Å². The van der Waals surface area contributed by atoms with Gasteiger partial charge in [0.15, 0.2) is 11.7 Å². The molecule has 2 aromatic heterocycles. The first-order valence-corrected chi connectivity index (χ1v) is 9.01. The van der Waals surface area contributed by atoms with Crippen molar-refractivity contribution in [2.24, 2.45) is 0 Å². The third kappa shape index (κ3) is 4.10. The molecule has 0 saturated carbocycles. The van der Waals surface area contributed by atoms with Gasteiger partial charge in [-0.25, -0.2) is 14.6 Å². The van der Waals surface area contributed by atoms with Gasteiger partial charge in [-0.3, -0.25) is 4.79 Å². The lowest BCUT2D eigenvalue weighted by Crippen LogP contribution is -2.14. The molecule has 8 heteroatoms. The van der Waals surface area contributed by atoms with Crippen molar-refractivity contribution < 1.29 is 9.21 Å². The Labute approximate surface area is 166 Å². The van der Waals surface area contributed by atoms with Crippen LogP contribution >= 0.6 is 11.6 Å². The minimum Gasteiger partial charge on any atom is -0.441 e. The van der Waals surface area contributed by atoms with Crippen molar-refractivity contribution in [3.8, 4) is 17.0 Å². The molecule has 0 radical (unpaired) electrons. The summed E-state index contributed by atoms with van der Waals surface area (Å²) in [7, 11) is 0. The summed E-state index contributed by atoms with van der Waals surface area (Å²) >= 11 is 5.90. The van der Waals surface area contributed by atoms with Gasteiger partial charge in [0.2, 0.25) is 5.91 Å². The van der Waals surface area contributed by atoms with Gasteiger partial charge in [-0.1, -0.05) is 23.7 Å². The summed E-state index contributed by atoms with van der Waals surface area (Å²) in [5.74, 6) is 1.01. The second-order valence-electron chi connectivity index (χ2n) is 6.03. The van der Waals surface area contributed by atoms with Crippen molar-refractivity contribution in [1.29, 1.82) is 0 Å². The van der Waals surface area contributed by atoms with E-state index in [9.17, 15) is 4.79 Å². The molecular weight excluding hydrogens is 378 g/mol. The Balaban J connectivity index is 1.39. The van der Waals surface area contributed by atoms with Gasteiger partial charge >= 0.3 is 0 Å². The molecule has 0 saturated heterocycles. The Morgan fingerprint density at radius 2 is 1.96 bits per heavy atom. The average Bonchev–Trinajstić information content (AvgIpc) is 3.40. The highest BCUT2D eigenvalue weighted by Gasteiger charge is 2.11. The van der Waals surface area contributed by atoms with Crippen LogP contribution in [0, 0.1) is 0 Å². The molecule has 0 unspecified atom stereocenters. The van der Waals surface area contributed by atoms with Crippen molar-refractivity contribution in [3.63, 3.8) is 0 Å². The van der Waals surface area contributed by atoms with Crippen LogP contribution in [0.5, 0.6) is 0 Å². The van der Waals surface area contributed by atoms with Crippen LogP contribution in [0.25, 0.3) is 17.0 Å². The Bertz CT molecular complexity index is 1070. The zero-order valence-electron chi connectivity index (χ0n) is 14.7. The monoisotopic (exact) mass is 393 g/mol. The molecule has 2 heterocycles. The van der Waals surface area contributed by atoms with Crippen LogP contribution in [-0.2, 0) is 11.2 Å². The van der Waals surface area contributed by atoms with Crippen molar-refractivity contribution in [1.82, 2.24) is 19.7 Å². The predicted octanol–water partition coefficient (Wildman–Crippen LogP) is 4.15. The summed E-state index contributed by atoms with van der Waals surface area (Å²) in [4.78, 5) is 20.6. The van der Waals surface area contributed by atoms with Gasteiger partial charge in [0.1, 0.15) is 12.7 Å². The number of nitrogens with zero attached hydrogens (tertiary/aromatic N) is 4. The molecule has 0 aliphatic carbocycles. The lowest BCUT2D eigenvalue weighted by Gasteiger charge is -2.10. The molecule has 0 aliphatic heterocycles. The van der Waals surface area contributed by atoms with Crippen LogP contribution in [0.15, 0.2) is 71.8 Å².